The van der Waals surface area contributed by atoms with Crippen LogP contribution in [0.4, 0.5) is 0 Å². The molecule has 1 aliphatic heterocycles. The van der Waals surface area contributed by atoms with Crippen molar-refractivity contribution in [3.63, 3.8) is 0 Å². The number of hydrogen-bond donors (Lipinski definition) is 1. The molecule has 0 saturated heterocycles. The SMILES string of the molecule is C[C@H](NC(=O)CN1C(=O)c2ccccc2S1(=O)=O)c1ccc2c(c1)CCCC2. The van der Waals surface area contributed by atoms with Crippen LogP contribution in [-0.2, 0) is 27.7 Å². The van der Waals surface area contributed by atoms with E-state index in [0.717, 1.165) is 18.4 Å². The molecular weight excluding hydrogens is 376 g/mol. The van der Waals surface area contributed by atoms with E-state index in [1.54, 1.807) is 12.1 Å². The summed E-state index contributed by atoms with van der Waals surface area (Å²) in [5, 5.41) is 2.82. The second-order valence-corrected chi connectivity index (χ2v) is 9.17. The number of aryl methyl sites for hydroxylation is 2. The lowest BCUT2D eigenvalue weighted by Gasteiger charge is -2.21. The third kappa shape index (κ3) is 3.20. The van der Waals surface area contributed by atoms with Crippen LogP contribution in [0, 0.1) is 0 Å². The van der Waals surface area contributed by atoms with E-state index < -0.39 is 28.4 Å². The maximum atomic E-state index is 12.6. The fourth-order valence-corrected chi connectivity index (χ4v) is 5.44. The molecule has 1 atom stereocenters. The van der Waals surface area contributed by atoms with Gasteiger partial charge in [0.25, 0.3) is 15.9 Å². The fourth-order valence-electron chi connectivity index (χ4n) is 3.91. The first-order valence-corrected chi connectivity index (χ1v) is 10.9. The van der Waals surface area contributed by atoms with E-state index in [-0.39, 0.29) is 16.5 Å². The van der Waals surface area contributed by atoms with E-state index in [0.29, 0.717) is 4.31 Å². The van der Waals surface area contributed by atoms with Gasteiger partial charge in [-0.3, -0.25) is 9.59 Å². The van der Waals surface area contributed by atoms with Crippen molar-refractivity contribution in [2.45, 2.75) is 43.5 Å². The highest BCUT2D eigenvalue weighted by Crippen LogP contribution is 2.30. The second kappa shape index (κ2) is 7.05. The van der Waals surface area contributed by atoms with Gasteiger partial charge in [0.1, 0.15) is 11.4 Å². The monoisotopic (exact) mass is 398 g/mol. The Bertz CT molecular complexity index is 1060. The van der Waals surface area contributed by atoms with Gasteiger partial charge < -0.3 is 5.32 Å². The molecule has 1 aliphatic carbocycles. The molecule has 1 heterocycles. The molecule has 2 aromatic rings. The Morgan fingerprint density at radius 3 is 2.57 bits per heavy atom. The van der Waals surface area contributed by atoms with Crippen LogP contribution in [0.5, 0.6) is 0 Å². The van der Waals surface area contributed by atoms with Gasteiger partial charge in [0.2, 0.25) is 5.91 Å². The molecule has 0 radical (unpaired) electrons. The van der Waals surface area contributed by atoms with Gasteiger partial charge >= 0.3 is 0 Å². The highest BCUT2D eigenvalue weighted by molar-refractivity contribution is 7.90. The Hall–Kier alpha value is -2.67. The Morgan fingerprint density at radius 2 is 1.82 bits per heavy atom. The lowest BCUT2D eigenvalue weighted by Crippen LogP contribution is -2.41. The van der Waals surface area contributed by atoms with Crippen LogP contribution < -0.4 is 5.32 Å². The van der Waals surface area contributed by atoms with Crippen molar-refractivity contribution in [1.29, 1.82) is 0 Å². The second-order valence-electron chi connectivity index (χ2n) is 7.34. The van der Waals surface area contributed by atoms with E-state index in [1.807, 2.05) is 13.0 Å². The van der Waals surface area contributed by atoms with Crippen LogP contribution in [0.3, 0.4) is 0 Å². The minimum absolute atomic E-state index is 0.0458. The number of rotatable bonds is 4. The number of carbonyl (C=O) groups excluding carboxylic acids is 2. The van der Waals surface area contributed by atoms with Gasteiger partial charge in [-0.05, 0) is 61.4 Å². The number of benzene rings is 2. The summed E-state index contributed by atoms with van der Waals surface area (Å²) in [4.78, 5) is 24.9. The predicted octanol–water partition coefficient (Wildman–Crippen LogP) is 2.59. The molecule has 2 aromatic carbocycles. The molecular formula is C21H22N2O4S. The molecule has 4 rings (SSSR count). The van der Waals surface area contributed by atoms with E-state index in [4.69, 9.17) is 0 Å². The van der Waals surface area contributed by atoms with Crippen LogP contribution >= 0.6 is 0 Å². The van der Waals surface area contributed by atoms with Crippen molar-refractivity contribution in [3.8, 4) is 0 Å². The zero-order chi connectivity index (χ0) is 19.9. The average molecular weight is 398 g/mol. The quantitative estimate of drug-likeness (QED) is 0.858. The predicted molar refractivity (Wildman–Crippen MR) is 104 cm³/mol. The van der Waals surface area contributed by atoms with Crippen LogP contribution in [0.2, 0.25) is 0 Å². The van der Waals surface area contributed by atoms with Gasteiger partial charge in [-0.1, -0.05) is 30.3 Å². The maximum absolute atomic E-state index is 12.6. The largest absolute Gasteiger partial charge is 0.348 e. The standard InChI is InChI=1S/C21H22N2O4S/c1-14(16-11-10-15-6-2-3-7-17(15)12-16)22-20(24)13-23-21(25)18-8-4-5-9-19(18)28(23,26)27/h4-5,8-12,14H,2-3,6-7,13H2,1H3,(H,22,24)/t14-/m0/s1. The zero-order valence-corrected chi connectivity index (χ0v) is 16.5. The average Bonchev–Trinajstić information content (AvgIpc) is 2.88. The van der Waals surface area contributed by atoms with Crippen molar-refractivity contribution < 1.29 is 18.0 Å². The molecule has 2 amide bonds. The molecule has 0 bridgehead atoms. The Labute approximate surface area is 164 Å². The van der Waals surface area contributed by atoms with Crippen molar-refractivity contribution >= 4 is 21.8 Å². The summed E-state index contributed by atoms with van der Waals surface area (Å²) in [6, 6.07) is 12.0. The molecule has 1 N–H and O–H groups in total. The lowest BCUT2D eigenvalue weighted by atomic mass is 9.89. The molecule has 0 unspecified atom stereocenters. The first kappa shape index (κ1) is 18.7. The number of fused-ring (bicyclic) bond motifs is 2. The van der Waals surface area contributed by atoms with Crippen LogP contribution in [0.15, 0.2) is 47.4 Å². The molecule has 146 valence electrons. The topological polar surface area (TPSA) is 83.6 Å². The van der Waals surface area contributed by atoms with Gasteiger partial charge in [0.15, 0.2) is 0 Å². The summed E-state index contributed by atoms with van der Waals surface area (Å²) in [6.07, 6.45) is 4.51. The summed E-state index contributed by atoms with van der Waals surface area (Å²) < 4.78 is 25.8. The van der Waals surface area contributed by atoms with Crippen molar-refractivity contribution in [2.24, 2.45) is 0 Å². The van der Waals surface area contributed by atoms with Gasteiger partial charge in [-0.25, -0.2) is 12.7 Å². The molecule has 28 heavy (non-hydrogen) atoms. The van der Waals surface area contributed by atoms with Gasteiger partial charge in [0.05, 0.1) is 11.6 Å². The summed E-state index contributed by atoms with van der Waals surface area (Å²) in [7, 11) is -3.98. The molecule has 6 nitrogen and oxygen atoms in total. The molecule has 0 saturated carbocycles. The van der Waals surface area contributed by atoms with Crippen LogP contribution in [0.25, 0.3) is 0 Å². The number of nitrogens with zero attached hydrogens (tertiary/aromatic N) is 1. The number of sulfonamides is 1. The highest BCUT2D eigenvalue weighted by atomic mass is 32.2. The Morgan fingerprint density at radius 1 is 1.11 bits per heavy atom. The summed E-state index contributed by atoms with van der Waals surface area (Å²) in [5.41, 5.74) is 3.77. The van der Waals surface area contributed by atoms with E-state index in [1.165, 1.54) is 36.1 Å². The minimum atomic E-state index is -3.98. The van der Waals surface area contributed by atoms with E-state index in [2.05, 4.69) is 17.4 Å². The molecule has 2 aliphatic rings. The zero-order valence-electron chi connectivity index (χ0n) is 15.6. The Balaban J connectivity index is 1.47. The minimum Gasteiger partial charge on any atom is -0.348 e. The van der Waals surface area contributed by atoms with Crippen LogP contribution in [0.1, 0.15) is 52.9 Å². The molecule has 0 aromatic heterocycles. The maximum Gasteiger partial charge on any atom is 0.269 e. The molecule has 0 fully saturated rings. The number of carbonyl (C=O) groups is 2. The van der Waals surface area contributed by atoms with E-state index in [9.17, 15) is 18.0 Å². The summed E-state index contributed by atoms with van der Waals surface area (Å²) >= 11 is 0. The van der Waals surface area contributed by atoms with Crippen molar-refractivity contribution in [2.75, 3.05) is 6.54 Å². The summed E-state index contributed by atoms with van der Waals surface area (Å²) in [5.74, 6) is -1.16. The van der Waals surface area contributed by atoms with Crippen LogP contribution in [-0.4, -0.2) is 31.1 Å². The molecule has 7 heteroatoms. The number of amides is 2. The smallest absolute Gasteiger partial charge is 0.269 e. The lowest BCUT2D eigenvalue weighted by molar-refractivity contribution is -0.121. The Kier molecular flexibility index (Phi) is 4.71. The third-order valence-electron chi connectivity index (χ3n) is 5.45. The molecule has 0 spiro atoms. The fraction of sp³-hybridized carbons (Fsp3) is 0.333. The summed E-state index contributed by atoms with van der Waals surface area (Å²) in [6.45, 7) is 1.34. The van der Waals surface area contributed by atoms with Gasteiger partial charge in [0, 0.05) is 0 Å². The number of nitrogens with one attached hydrogen (secondary N) is 1. The number of hydrogen-bond acceptors (Lipinski definition) is 4. The normalized spacial score (nSPS) is 18.3. The first-order chi connectivity index (χ1) is 13.4. The van der Waals surface area contributed by atoms with Crippen molar-refractivity contribution in [3.05, 3.63) is 64.7 Å². The van der Waals surface area contributed by atoms with Gasteiger partial charge in [-0.15, -0.1) is 0 Å². The highest BCUT2D eigenvalue weighted by Gasteiger charge is 2.41. The van der Waals surface area contributed by atoms with Crippen molar-refractivity contribution in [1.82, 2.24) is 9.62 Å². The van der Waals surface area contributed by atoms with E-state index >= 15 is 0 Å². The third-order valence-corrected chi connectivity index (χ3v) is 7.24. The first-order valence-electron chi connectivity index (χ1n) is 9.45. The van der Waals surface area contributed by atoms with Gasteiger partial charge in [-0.2, -0.15) is 0 Å².